The van der Waals surface area contributed by atoms with E-state index >= 15 is 0 Å². The van der Waals surface area contributed by atoms with E-state index in [-0.39, 0.29) is 11.9 Å². The highest BCUT2D eigenvalue weighted by molar-refractivity contribution is 5.98. The van der Waals surface area contributed by atoms with Gasteiger partial charge in [0, 0.05) is 31.6 Å². The number of carbonyl (C=O) groups excluding carboxylic acids is 2. The first-order valence-corrected chi connectivity index (χ1v) is 10.8. The molecule has 162 valence electrons. The van der Waals surface area contributed by atoms with Crippen LogP contribution in [0.25, 0.3) is 0 Å². The van der Waals surface area contributed by atoms with Gasteiger partial charge in [-0.2, -0.15) is 0 Å². The summed E-state index contributed by atoms with van der Waals surface area (Å²) >= 11 is 0. The summed E-state index contributed by atoms with van der Waals surface area (Å²) in [6.07, 6.45) is 0.542. The average Bonchev–Trinajstić information content (AvgIpc) is 3.24. The first-order chi connectivity index (χ1) is 15.6. The Kier molecular flexibility index (Phi) is 5.05. The van der Waals surface area contributed by atoms with Crippen LogP contribution < -0.4 is 10.1 Å². The quantitative estimate of drug-likeness (QED) is 0.690. The van der Waals surface area contributed by atoms with E-state index in [1.54, 1.807) is 7.11 Å². The van der Waals surface area contributed by atoms with Gasteiger partial charge in [-0.15, -0.1) is 0 Å². The minimum Gasteiger partial charge on any atom is -0.497 e. The number of carbonyl (C=O) groups is 2. The molecule has 2 aliphatic rings. The SMILES string of the molecule is COc1ccc(C23Cc4ccccc4C(=O)N2CCN3C(=O)NCc2ccccc2)cc1. The van der Waals surface area contributed by atoms with Gasteiger partial charge in [-0.05, 0) is 34.9 Å². The zero-order chi connectivity index (χ0) is 22.1. The maximum atomic E-state index is 13.5. The monoisotopic (exact) mass is 427 g/mol. The lowest BCUT2D eigenvalue weighted by Gasteiger charge is -2.47. The molecule has 0 aromatic heterocycles. The van der Waals surface area contributed by atoms with Crippen LogP contribution >= 0.6 is 0 Å². The predicted molar refractivity (Wildman–Crippen MR) is 121 cm³/mol. The summed E-state index contributed by atoms with van der Waals surface area (Å²) < 4.78 is 5.33. The summed E-state index contributed by atoms with van der Waals surface area (Å²) in [4.78, 5) is 30.6. The van der Waals surface area contributed by atoms with Gasteiger partial charge in [0.15, 0.2) is 0 Å². The Bertz CT molecular complexity index is 1150. The first-order valence-electron chi connectivity index (χ1n) is 10.8. The number of urea groups is 1. The number of methoxy groups -OCH3 is 1. The minimum atomic E-state index is -0.877. The predicted octanol–water partition coefficient (Wildman–Crippen LogP) is 3.77. The van der Waals surface area contributed by atoms with Gasteiger partial charge in [-0.1, -0.05) is 60.7 Å². The molecule has 32 heavy (non-hydrogen) atoms. The van der Waals surface area contributed by atoms with Gasteiger partial charge in [0.1, 0.15) is 11.4 Å². The largest absolute Gasteiger partial charge is 0.497 e. The van der Waals surface area contributed by atoms with Crippen molar-refractivity contribution >= 4 is 11.9 Å². The van der Waals surface area contributed by atoms with E-state index in [4.69, 9.17) is 4.74 Å². The summed E-state index contributed by atoms with van der Waals surface area (Å²) in [7, 11) is 1.62. The molecule has 1 atom stereocenters. The number of benzene rings is 3. The van der Waals surface area contributed by atoms with Crippen LogP contribution in [0.1, 0.15) is 27.0 Å². The lowest BCUT2D eigenvalue weighted by Crippen LogP contribution is -2.60. The standard InChI is InChI=1S/C26H25N3O3/c1-32-22-13-11-21(12-14-22)26-17-20-9-5-6-10-23(20)24(30)28(26)15-16-29(26)25(31)27-18-19-7-3-2-4-8-19/h2-14H,15-18H2,1H3,(H,27,31). The highest BCUT2D eigenvalue weighted by atomic mass is 16.5. The van der Waals surface area contributed by atoms with Crippen LogP contribution in [0.3, 0.4) is 0 Å². The van der Waals surface area contributed by atoms with Crippen LogP contribution in [0.15, 0.2) is 78.9 Å². The van der Waals surface area contributed by atoms with Crippen LogP contribution in [-0.4, -0.2) is 41.9 Å². The number of rotatable bonds is 4. The summed E-state index contributed by atoms with van der Waals surface area (Å²) in [6.45, 7) is 1.38. The topological polar surface area (TPSA) is 61.9 Å². The van der Waals surface area contributed by atoms with Crippen molar-refractivity contribution < 1.29 is 14.3 Å². The van der Waals surface area contributed by atoms with Gasteiger partial charge < -0.3 is 15.0 Å². The van der Waals surface area contributed by atoms with Crippen molar-refractivity contribution in [3.63, 3.8) is 0 Å². The molecule has 3 aromatic rings. The van der Waals surface area contributed by atoms with E-state index in [1.807, 2.05) is 88.7 Å². The molecular formula is C26H25N3O3. The zero-order valence-corrected chi connectivity index (χ0v) is 18.0. The Morgan fingerprint density at radius 1 is 0.969 bits per heavy atom. The van der Waals surface area contributed by atoms with E-state index in [0.717, 1.165) is 22.4 Å². The summed E-state index contributed by atoms with van der Waals surface area (Å²) in [5.41, 5.74) is 2.71. The fourth-order valence-corrected chi connectivity index (χ4v) is 4.88. The van der Waals surface area contributed by atoms with Crippen molar-refractivity contribution in [2.24, 2.45) is 0 Å². The molecule has 1 unspecified atom stereocenters. The number of hydrogen-bond donors (Lipinski definition) is 1. The van der Waals surface area contributed by atoms with Gasteiger partial charge in [-0.3, -0.25) is 9.69 Å². The average molecular weight is 428 g/mol. The van der Waals surface area contributed by atoms with Gasteiger partial charge in [0.2, 0.25) is 0 Å². The van der Waals surface area contributed by atoms with Crippen molar-refractivity contribution in [1.29, 1.82) is 0 Å². The van der Waals surface area contributed by atoms with Crippen LogP contribution in [0, 0.1) is 0 Å². The molecule has 0 radical (unpaired) electrons. The van der Waals surface area contributed by atoms with Gasteiger partial charge in [0.25, 0.3) is 5.91 Å². The summed E-state index contributed by atoms with van der Waals surface area (Å²) in [5.74, 6) is 0.693. The molecule has 5 rings (SSSR count). The van der Waals surface area contributed by atoms with Gasteiger partial charge in [0.05, 0.1) is 7.11 Å². The number of hydrogen-bond acceptors (Lipinski definition) is 3. The second kappa shape index (κ2) is 8.04. The molecule has 2 aliphatic heterocycles. The lowest BCUT2D eigenvalue weighted by molar-refractivity contribution is 0.0202. The second-order valence-corrected chi connectivity index (χ2v) is 8.13. The van der Waals surface area contributed by atoms with E-state index < -0.39 is 5.66 Å². The number of amides is 3. The van der Waals surface area contributed by atoms with Crippen LogP contribution in [-0.2, 0) is 18.6 Å². The first kappa shape index (κ1) is 20.1. The third-order valence-electron chi connectivity index (χ3n) is 6.45. The van der Waals surface area contributed by atoms with Crippen LogP contribution in [0.5, 0.6) is 5.75 Å². The molecule has 0 aliphatic carbocycles. The molecule has 0 saturated carbocycles. The fraction of sp³-hybridized carbons (Fsp3) is 0.231. The molecule has 6 nitrogen and oxygen atoms in total. The summed E-state index contributed by atoms with van der Waals surface area (Å²) in [5, 5.41) is 3.05. The van der Waals surface area contributed by atoms with Gasteiger partial charge >= 0.3 is 6.03 Å². The van der Waals surface area contributed by atoms with Crippen molar-refractivity contribution in [2.75, 3.05) is 20.2 Å². The summed E-state index contributed by atoms with van der Waals surface area (Å²) in [6, 6.07) is 25.0. The molecule has 3 amide bonds. The zero-order valence-electron chi connectivity index (χ0n) is 18.0. The van der Waals surface area contributed by atoms with Crippen molar-refractivity contribution in [3.8, 4) is 5.75 Å². The second-order valence-electron chi connectivity index (χ2n) is 8.13. The van der Waals surface area contributed by atoms with Gasteiger partial charge in [-0.25, -0.2) is 4.79 Å². The number of nitrogens with zero attached hydrogens (tertiary/aromatic N) is 2. The van der Waals surface area contributed by atoms with Crippen molar-refractivity contribution in [3.05, 3.63) is 101 Å². The fourth-order valence-electron chi connectivity index (χ4n) is 4.88. The molecule has 1 N–H and O–H groups in total. The Hall–Kier alpha value is -3.80. The van der Waals surface area contributed by atoms with E-state index in [9.17, 15) is 9.59 Å². The highest BCUT2D eigenvalue weighted by Crippen LogP contribution is 2.45. The third kappa shape index (κ3) is 3.19. The number of nitrogens with one attached hydrogen (secondary N) is 1. The third-order valence-corrected chi connectivity index (χ3v) is 6.45. The van der Waals surface area contributed by atoms with Crippen molar-refractivity contribution in [2.45, 2.75) is 18.6 Å². The van der Waals surface area contributed by atoms with E-state index in [0.29, 0.717) is 31.6 Å². The smallest absolute Gasteiger partial charge is 0.319 e. The maximum Gasteiger partial charge on any atom is 0.319 e. The normalized spacial score (nSPS) is 19.3. The Labute approximate surface area is 187 Å². The molecular weight excluding hydrogens is 402 g/mol. The van der Waals surface area contributed by atoms with E-state index in [2.05, 4.69) is 5.32 Å². The maximum absolute atomic E-state index is 13.5. The molecule has 0 bridgehead atoms. The molecule has 1 fully saturated rings. The Balaban J connectivity index is 1.54. The number of fused-ring (bicyclic) bond motifs is 2. The van der Waals surface area contributed by atoms with Crippen LogP contribution in [0.4, 0.5) is 4.79 Å². The molecule has 0 spiro atoms. The van der Waals surface area contributed by atoms with E-state index in [1.165, 1.54) is 0 Å². The van der Waals surface area contributed by atoms with Crippen molar-refractivity contribution in [1.82, 2.24) is 15.1 Å². The Morgan fingerprint density at radius 2 is 1.69 bits per heavy atom. The minimum absolute atomic E-state index is 0.0407. The Morgan fingerprint density at radius 3 is 2.44 bits per heavy atom. The number of ether oxygens (including phenoxy) is 1. The lowest BCUT2D eigenvalue weighted by atomic mass is 9.84. The molecule has 6 heteroatoms. The molecule has 2 heterocycles. The molecule has 1 saturated heterocycles. The molecule has 3 aromatic carbocycles. The van der Waals surface area contributed by atoms with Crippen LogP contribution in [0.2, 0.25) is 0 Å². The highest BCUT2D eigenvalue weighted by Gasteiger charge is 2.55.